The summed E-state index contributed by atoms with van der Waals surface area (Å²) in [5.74, 6) is -4.77. The average molecular weight is 1160 g/mol. The van der Waals surface area contributed by atoms with Gasteiger partial charge in [-0.15, -0.1) is 0 Å². The zero-order valence-corrected chi connectivity index (χ0v) is 46.3. The van der Waals surface area contributed by atoms with E-state index in [9.17, 15) is 39.4 Å². The molecule has 3 fully saturated rings. The number of aliphatic hydroxyl groups is 1. The van der Waals surface area contributed by atoms with Crippen LogP contribution >= 0.6 is 0 Å². The third-order valence-electron chi connectivity index (χ3n) is 14.2. The molecule has 3 saturated heterocycles. The predicted octanol–water partition coefficient (Wildman–Crippen LogP) is 6.20. The molecule has 0 spiro atoms. The number of imide groups is 1. The number of aliphatic hydroxyl groups excluding tert-OH is 1. The topological polar surface area (TPSA) is 295 Å². The van der Waals surface area contributed by atoms with Gasteiger partial charge in [0, 0.05) is 25.7 Å². The van der Waals surface area contributed by atoms with Gasteiger partial charge in [0.25, 0.3) is 11.8 Å². The van der Waals surface area contributed by atoms with Gasteiger partial charge in [0.2, 0.25) is 6.29 Å². The molecule has 24 heteroatoms. The number of carbonyl (C=O) groups excluding carboxylic acids is 6. The highest BCUT2D eigenvalue weighted by Crippen LogP contribution is 2.41. The molecule has 0 saturated carbocycles. The van der Waals surface area contributed by atoms with Crippen molar-refractivity contribution < 1.29 is 95.5 Å². The lowest BCUT2D eigenvalue weighted by Gasteiger charge is -2.51. The van der Waals surface area contributed by atoms with Gasteiger partial charge in [-0.2, -0.15) is 0 Å². The second-order valence-electron chi connectivity index (χ2n) is 19.9. The number of hydrogen-bond donors (Lipinski definition) is 1. The SMILES string of the molecule is COc1ccc(O[C@H]2O[C@H](COC(=O)c3ccccc3)[C@@H](O[C@@H]3O[C@@H](C)[C@H](OCc4ccccc4)[C@@H](OCc4ccccc4)[C@H]3O)[C@H](O[C@@H]3O[C@H](COC(C)=O)[C@H](OC(C)=O)[C@H](OC(C)=O)[C@H]3N3C(=O)c4ccccc4C3=O)[C@H]2N=[N+]=[N-])cc1. The zero-order valence-electron chi connectivity index (χ0n) is 46.3. The predicted molar refractivity (Wildman–Crippen MR) is 289 cm³/mol. The lowest BCUT2D eigenvalue weighted by Crippen LogP contribution is -2.70. The molecule has 0 aromatic heterocycles. The minimum Gasteiger partial charge on any atom is -0.497 e. The first-order valence-electron chi connectivity index (χ1n) is 26.9. The minimum absolute atomic E-state index is 0.00254. The van der Waals surface area contributed by atoms with Crippen LogP contribution in [-0.4, -0.2) is 158 Å². The summed E-state index contributed by atoms with van der Waals surface area (Å²) in [4.78, 5) is 86.0. The fraction of sp³-hybridized carbons (Fsp3) is 0.400. The Morgan fingerprint density at radius 3 is 1.67 bits per heavy atom. The Kier molecular flexibility index (Phi) is 20.0. The maximum Gasteiger partial charge on any atom is 0.338 e. The third kappa shape index (κ3) is 14.2. The maximum atomic E-state index is 14.7. The molecule has 84 heavy (non-hydrogen) atoms. The van der Waals surface area contributed by atoms with E-state index in [0.717, 1.165) is 36.8 Å². The van der Waals surface area contributed by atoms with Crippen molar-refractivity contribution in [2.24, 2.45) is 5.11 Å². The van der Waals surface area contributed by atoms with E-state index in [2.05, 4.69) is 10.0 Å². The van der Waals surface area contributed by atoms with Gasteiger partial charge in [-0.25, -0.2) is 4.79 Å². The van der Waals surface area contributed by atoms with Gasteiger partial charge in [0.15, 0.2) is 24.8 Å². The largest absolute Gasteiger partial charge is 0.497 e. The molecule has 4 aliphatic rings. The van der Waals surface area contributed by atoms with E-state index in [4.69, 9.17) is 61.6 Å². The lowest BCUT2D eigenvalue weighted by molar-refractivity contribution is -0.365. The number of ether oxygens (including phenoxy) is 13. The van der Waals surface area contributed by atoms with Crippen molar-refractivity contribution in [1.82, 2.24) is 4.90 Å². The van der Waals surface area contributed by atoms with Crippen LogP contribution in [0.5, 0.6) is 11.5 Å². The van der Waals surface area contributed by atoms with Crippen LogP contribution in [0.4, 0.5) is 0 Å². The summed E-state index contributed by atoms with van der Waals surface area (Å²) < 4.78 is 81.6. The quantitative estimate of drug-likeness (QED) is 0.0201. The molecule has 0 radical (unpaired) electrons. The molecule has 4 aliphatic heterocycles. The number of methoxy groups -OCH3 is 1. The van der Waals surface area contributed by atoms with Crippen molar-refractivity contribution in [2.45, 2.75) is 133 Å². The second-order valence-corrected chi connectivity index (χ2v) is 19.9. The molecule has 5 aromatic carbocycles. The van der Waals surface area contributed by atoms with Crippen LogP contribution in [0.15, 0.2) is 145 Å². The van der Waals surface area contributed by atoms with Crippen molar-refractivity contribution >= 4 is 35.7 Å². The number of amides is 2. The molecule has 4 heterocycles. The third-order valence-corrected chi connectivity index (χ3v) is 14.2. The number of fused-ring (bicyclic) bond motifs is 1. The lowest BCUT2D eigenvalue weighted by atomic mass is 9.93. The molecule has 15 atom stereocenters. The van der Waals surface area contributed by atoms with Gasteiger partial charge in [-0.3, -0.25) is 28.9 Å². The van der Waals surface area contributed by atoms with E-state index in [0.29, 0.717) is 5.75 Å². The summed E-state index contributed by atoms with van der Waals surface area (Å²) in [6.07, 6.45) is -20.5. The van der Waals surface area contributed by atoms with Crippen molar-refractivity contribution in [1.29, 1.82) is 0 Å². The van der Waals surface area contributed by atoms with E-state index >= 15 is 0 Å². The Bertz CT molecular complexity index is 3100. The molecule has 442 valence electrons. The summed E-state index contributed by atoms with van der Waals surface area (Å²) in [5.41, 5.74) is 12.1. The van der Waals surface area contributed by atoms with Crippen LogP contribution in [0.1, 0.15) is 69.9 Å². The number of nitrogens with zero attached hydrogens (tertiary/aromatic N) is 4. The van der Waals surface area contributed by atoms with Crippen LogP contribution < -0.4 is 9.47 Å². The number of azide groups is 1. The first kappa shape index (κ1) is 60.3. The number of benzene rings is 5. The van der Waals surface area contributed by atoms with Crippen LogP contribution in [0, 0.1) is 0 Å². The first-order chi connectivity index (χ1) is 40.6. The molecule has 24 nitrogen and oxygen atoms in total. The van der Waals surface area contributed by atoms with E-state index in [1.165, 1.54) is 55.6 Å². The molecule has 5 aromatic rings. The normalized spacial score (nSPS) is 28.2. The highest BCUT2D eigenvalue weighted by Gasteiger charge is 2.61. The van der Waals surface area contributed by atoms with Crippen molar-refractivity contribution in [3.63, 3.8) is 0 Å². The van der Waals surface area contributed by atoms with Crippen LogP contribution in [0.3, 0.4) is 0 Å². The van der Waals surface area contributed by atoms with Gasteiger partial charge in [-0.05, 0) is 72.1 Å². The number of carbonyl (C=O) groups is 6. The highest BCUT2D eigenvalue weighted by atomic mass is 16.8. The van der Waals surface area contributed by atoms with Gasteiger partial charge in [0.05, 0.1) is 43.1 Å². The number of hydrogen-bond acceptors (Lipinski definition) is 21. The standard InChI is InChI=1S/C60H62N4O20/c1-33-49(74-29-37-17-9-6-10-18-37)54(75-30-38-19-11-7-12-20-38)48(68)60(77-33)83-50-45(32-76-57(71)39-21-13-8-14-22-39)81-58(80-41-27-25-40(72-5)26-28-41)46(62-63-61)52(50)84-59-47(64-55(69)42-23-15-16-24-43(42)56(64)70)53(79-36(4)67)51(78-35(3)66)44(82-59)31-73-34(2)65/h6-28,33,44-54,58-60,68H,29-32H2,1-5H3/t33-,44+,45+,46+,47+,48+,49-,50+,51-,52+,53+,54-,58-,59-,60-/m0/s1. The van der Waals surface area contributed by atoms with E-state index in [1.807, 2.05) is 60.7 Å². The Morgan fingerprint density at radius 1 is 0.583 bits per heavy atom. The minimum atomic E-state index is -2.06. The average Bonchev–Trinajstić information content (AvgIpc) is 1.85. The fourth-order valence-corrected chi connectivity index (χ4v) is 10.3. The smallest absolute Gasteiger partial charge is 0.338 e. The molecule has 1 N–H and O–H groups in total. The summed E-state index contributed by atoms with van der Waals surface area (Å²) in [6.45, 7) is 3.59. The maximum absolute atomic E-state index is 14.7. The summed E-state index contributed by atoms with van der Waals surface area (Å²) in [7, 11) is 1.46. The van der Waals surface area contributed by atoms with E-state index in [-0.39, 0.29) is 35.7 Å². The first-order valence-corrected chi connectivity index (χ1v) is 26.9. The van der Waals surface area contributed by atoms with Crippen LogP contribution in [-0.2, 0) is 79.7 Å². The Balaban J connectivity index is 1.18. The molecule has 0 bridgehead atoms. The number of rotatable bonds is 22. The van der Waals surface area contributed by atoms with Crippen molar-refractivity contribution in [2.75, 3.05) is 20.3 Å². The second kappa shape index (κ2) is 27.9. The van der Waals surface area contributed by atoms with Gasteiger partial charge in [-0.1, -0.05) is 96.1 Å². The molecule has 9 rings (SSSR count). The monoisotopic (exact) mass is 1160 g/mol. The van der Waals surface area contributed by atoms with Crippen molar-refractivity contribution in [3.05, 3.63) is 178 Å². The zero-order chi connectivity index (χ0) is 59.4. The van der Waals surface area contributed by atoms with Crippen LogP contribution in [0.2, 0.25) is 0 Å². The molecule has 0 unspecified atom stereocenters. The molecule has 2 amide bonds. The van der Waals surface area contributed by atoms with Gasteiger partial charge in [0.1, 0.15) is 79.5 Å². The fourth-order valence-electron chi connectivity index (χ4n) is 10.3. The van der Waals surface area contributed by atoms with Crippen LogP contribution in [0.25, 0.3) is 10.4 Å². The number of esters is 4. The van der Waals surface area contributed by atoms with E-state index in [1.54, 1.807) is 37.3 Å². The molecule has 0 aliphatic carbocycles. The highest BCUT2D eigenvalue weighted by molar-refractivity contribution is 6.21. The summed E-state index contributed by atoms with van der Waals surface area (Å²) in [6, 6.07) is 34.9. The Morgan fingerprint density at radius 2 is 1.10 bits per heavy atom. The van der Waals surface area contributed by atoms with Gasteiger partial charge >= 0.3 is 23.9 Å². The molecular formula is C60H62N4O20. The Labute approximate surface area is 482 Å². The summed E-state index contributed by atoms with van der Waals surface area (Å²) in [5, 5.41) is 16.8. The van der Waals surface area contributed by atoms with E-state index < -0.39 is 141 Å². The molecular weight excluding hydrogens is 1100 g/mol. The summed E-state index contributed by atoms with van der Waals surface area (Å²) >= 11 is 0. The Hall–Kier alpha value is -8.29. The van der Waals surface area contributed by atoms with Crippen molar-refractivity contribution in [3.8, 4) is 11.5 Å². The van der Waals surface area contributed by atoms with Gasteiger partial charge < -0.3 is 66.7 Å².